The molecular weight excluding hydrogens is 300 g/mol. The molecule has 0 aromatic heterocycles. The van der Waals surface area contributed by atoms with E-state index >= 15 is 0 Å². The van der Waals surface area contributed by atoms with Gasteiger partial charge in [0.2, 0.25) is 0 Å². The van der Waals surface area contributed by atoms with Crippen LogP contribution in [0.5, 0.6) is 0 Å². The van der Waals surface area contributed by atoms with Gasteiger partial charge >= 0.3 is 29.6 Å². The number of unbranched alkanes of at least 4 members (excludes halogenated alkanes) is 2. The van der Waals surface area contributed by atoms with Crippen molar-refractivity contribution in [2.24, 2.45) is 5.11 Å². The van der Waals surface area contributed by atoms with Crippen molar-refractivity contribution in [1.29, 1.82) is 0 Å². The second kappa shape index (κ2) is 15.1. The van der Waals surface area contributed by atoms with E-state index in [1.54, 1.807) is 0 Å². The Labute approximate surface area is 157 Å². The summed E-state index contributed by atoms with van der Waals surface area (Å²) < 4.78 is 0. The molecule has 0 saturated carbocycles. The summed E-state index contributed by atoms with van der Waals surface area (Å²) in [6.07, 6.45) is 3.38. The topological polar surface area (TPSA) is 48.8 Å². The SMILES string of the molecule is CCCCCN=[N+]=[N-].[NaH].c1ccc(Pc2ccccc2)cc1. The van der Waals surface area contributed by atoms with Crippen molar-refractivity contribution in [3.63, 3.8) is 0 Å². The molecule has 0 aliphatic carbocycles. The molecule has 0 fully saturated rings. The molecule has 2 rings (SSSR count). The fraction of sp³-hybridized carbons (Fsp3) is 0.294. The molecule has 0 aliphatic rings. The van der Waals surface area contributed by atoms with Gasteiger partial charge in [-0.25, -0.2) is 0 Å². The fourth-order valence-corrected chi connectivity index (χ4v) is 2.74. The van der Waals surface area contributed by atoms with E-state index in [4.69, 9.17) is 5.53 Å². The van der Waals surface area contributed by atoms with Gasteiger partial charge in [0.15, 0.2) is 0 Å². The average Bonchev–Trinajstić information content (AvgIpc) is 2.54. The largest absolute Gasteiger partial charge is 0.0622 e. The number of rotatable bonds is 6. The quantitative estimate of drug-likeness (QED) is 0.191. The van der Waals surface area contributed by atoms with Crippen LogP contribution in [-0.4, -0.2) is 36.1 Å². The Balaban J connectivity index is 0.000000432. The third kappa shape index (κ3) is 10.8. The van der Waals surface area contributed by atoms with E-state index in [2.05, 4.69) is 77.6 Å². The molecule has 2 aromatic carbocycles. The van der Waals surface area contributed by atoms with Gasteiger partial charge in [0.1, 0.15) is 0 Å². The van der Waals surface area contributed by atoms with E-state index in [0.717, 1.165) is 15.0 Å². The van der Waals surface area contributed by atoms with Gasteiger partial charge in [-0.05, 0) is 22.6 Å². The Morgan fingerprint density at radius 3 is 1.82 bits per heavy atom. The molecule has 0 amide bonds. The Bertz CT molecular complexity index is 491. The van der Waals surface area contributed by atoms with Crippen molar-refractivity contribution in [2.45, 2.75) is 26.2 Å². The minimum absolute atomic E-state index is 0. The standard InChI is InChI=1S/C12H11P.C5H11N3.Na.H/c1-3-7-11(8-4-1)13-12-9-5-2-6-10-12;1-2-3-4-5-7-8-6;;/h1-10,13H;2-5H2,1H3;;. The molecule has 0 spiro atoms. The van der Waals surface area contributed by atoms with Gasteiger partial charge in [0.25, 0.3) is 0 Å². The van der Waals surface area contributed by atoms with Gasteiger partial charge in [-0.2, -0.15) is 0 Å². The van der Waals surface area contributed by atoms with Gasteiger partial charge in [-0.1, -0.05) is 94.1 Å². The molecule has 0 saturated heterocycles. The average molecular weight is 323 g/mol. The Hall–Kier alpha value is -0.820. The molecule has 0 aliphatic heterocycles. The summed E-state index contributed by atoms with van der Waals surface area (Å²) in [5, 5.41) is 6.18. The molecular formula is C17H23N3NaP. The van der Waals surface area contributed by atoms with Crippen LogP contribution in [0.3, 0.4) is 0 Å². The van der Waals surface area contributed by atoms with Crippen molar-refractivity contribution in [3.8, 4) is 0 Å². The molecule has 2 aromatic rings. The molecule has 0 bridgehead atoms. The first-order valence-corrected chi connectivity index (χ1v) is 8.24. The monoisotopic (exact) mass is 323 g/mol. The second-order valence-electron chi connectivity index (χ2n) is 4.52. The van der Waals surface area contributed by atoms with Gasteiger partial charge in [0.05, 0.1) is 0 Å². The fourth-order valence-electron chi connectivity index (χ4n) is 1.69. The Kier molecular flexibility index (Phi) is 14.5. The zero-order valence-electron chi connectivity index (χ0n) is 12.4. The van der Waals surface area contributed by atoms with Gasteiger partial charge in [-0.3, -0.25) is 0 Å². The van der Waals surface area contributed by atoms with Crippen LogP contribution in [0.25, 0.3) is 10.4 Å². The van der Waals surface area contributed by atoms with Crippen LogP contribution >= 0.6 is 8.58 Å². The Morgan fingerprint density at radius 1 is 0.909 bits per heavy atom. The van der Waals surface area contributed by atoms with E-state index in [0.29, 0.717) is 6.54 Å². The van der Waals surface area contributed by atoms with E-state index < -0.39 is 0 Å². The minimum Gasteiger partial charge on any atom is -0.0622 e. The number of nitrogens with zero attached hydrogens (tertiary/aromatic N) is 3. The normalized spacial score (nSPS) is 8.77. The van der Waals surface area contributed by atoms with Gasteiger partial charge < -0.3 is 0 Å². The predicted molar refractivity (Wildman–Crippen MR) is 101 cm³/mol. The molecule has 22 heavy (non-hydrogen) atoms. The smallest absolute Gasteiger partial charge is 0.0226 e. The first-order valence-electron chi connectivity index (χ1n) is 7.24. The molecule has 0 radical (unpaired) electrons. The molecule has 0 atom stereocenters. The number of hydrogen-bond acceptors (Lipinski definition) is 1. The summed E-state index contributed by atoms with van der Waals surface area (Å²) in [5.74, 6) is 0. The van der Waals surface area contributed by atoms with Crippen molar-refractivity contribution in [1.82, 2.24) is 0 Å². The summed E-state index contributed by atoms with van der Waals surface area (Å²) in [5.41, 5.74) is 7.82. The van der Waals surface area contributed by atoms with E-state index in [9.17, 15) is 0 Å². The van der Waals surface area contributed by atoms with Crippen LogP contribution in [0.1, 0.15) is 26.2 Å². The van der Waals surface area contributed by atoms with Crippen molar-refractivity contribution >= 4 is 48.7 Å². The minimum atomic E-state index is 0. The van der Waals surface area contributed by atoms with Crippen LogP contribution in [0, 0.1) is 0 Å². The van der Waals surface area contributed by atoms with Crippen LogP contribution in [0.2, 0.25) is 0 Å². The summed E-state index contributed by atoms with van der Waals surface area (Å²) in [4.78, 5) is 2.63. The van der Waals surface area contributed by atoms with Crippen LogP contribution in [0.15, 0.2) is 65.8 Å². The van der Waals surface area contributed by atoms with Crippen molar-refractivity contribution < 1.29 is 0 Å². The number of benzene rings is 2. The van der Waals surface area contributed by atoms with Crippen LogP contribution in [0.4, 0.5) is 0 Å². The summed E-state index contributed by atoms with van der Waals surface area (Å²) in [7, 11) is 0.777. The zero-order chi connectivity index (χ0) is 15.2. The summed E-state index contributed by atoms with van der Waals surface area (Å²) in [6.45, 7) is 2.78. The van der Waals surface area contributed by atoms with E-state index in [1.807, 2.05) is 0 Å². The van der Waals surface area contributed by atoms with Crippen molar-refractivity contribution in [2.75, 3.05) is 6.54 Å². The second-order valence-corrected chi connectivity index (χ2v) is 5.92. The van der Waals surface area contributed by atoms with Gasteiger partial charge in [-0.15, -0.1) is 0 Å². The molecule has 0 unspecified atom stereocenters. The molecule has 5 heteroatoms. The van der Waals surface area contributed by atoms with Gasteiger partial charge in [0, 0.05) is 11.5 Å². The molecule has 0 N–H and O–H groups in total. The Morgan fingerprint density at radius 2 is 1.41 bits per heavy atom. The van der Waals surface area contributed by atoms with E-state index in [-0.39, 0.29) is 29.6 Å². The van der Waals surface area contributed by atoms with Crippen LogP contribution < -0.4 is 10.6 Å². The third-order valence-corrected chi connectivity index (χ3v) is 4.01. The third-order valence-electron chi connectivity index (χ3n) is 2.76. The first-order chi connectivity index (χ1) is 10.4. The molecule has 0 heterocycles. The number of hydrogen-bond donors (Lipinski definition) is 0. The maximum Gasteiger partial charge on any atom is -0.0226 e. The molecule has 3 nitrogen and oxygen atoms in total. The van der Waals surface area contributed by atoms with Crippen molar-refractivity contribution in [3.05, 3.63) is 71.1 Å². The first kappa shape index (κ1) is 21.2. The maximum absolute atomic E-state index is 7.82. The van der Waals surface area contributed by atoms with Crippen LogP contribution in [-0.2, 0) is 0 Å². The maximum atomic E-state index is 7.82. The van der Waals surface area contributed by atoms with E-state index in [1.165, 1.54) is 23.5 Å². The summed E-state index contributed by atoms with van der Waals surface area (Å²) in [6, 6.07) is 21.2. The predicted octanol–water partition coefficient (Wildman–Crippen LogP) is 4.15. The zero-order valence-corrected chi connectivity index (χ0v) is 13.4. The summed E-state index contributed by atoms with van der Waals surface area (Å²) >= 11 is 0. The molecule has 112 valence electrons. The number of azide groups is 1.